The SMILES string of the molecule is c1ccc(-c2ccc(N(c3ccc(-c4ccc(-c5cccc6cc(-c7ccc8oc9cccc(-c%10ccccc%10N(c%10ccc(-c%11ccccc%11)cc%10)c%10cccc(-c%11ccc(-c%12cccc%13ccccc%12%13)cc%11)c%10)c9c8c7)ccc56)cc4)cc3)c3ccccc3-c3cccc4oc5ccccc5c34)cc2)cc1. The van der Waals surface area contributed by atoms with E-state index < -0.39 is 0 Å². The summed E-state index contributed by atoms with van der Waals surface area (Å²) in [5.74, 6) is 0. The largest absolute Gasteiger partial charge is 0.456 e. The monoisotopic (exact) mass is 1380 g/mol. The van der Waals surface area contributed by atoms with E-state index in [0.29, 0.717) is 0 Å². The number of anilines is 6. The van der Waals surface area contributed by atoms with Crippen LogP contribution in [0.4, 0.5) is 34.1 Å². The zero-order valence-corrected chi connectivity index (χ0v) is 59.0. The molecule has 20 rings (SSSR count). The molecule has 0 amide bonds. The van der Waals surface area contributed by atoms with Gasteiger partial charge in [-0.3, -0.25) is 0 Å². The molecule has 108 heavy (non-hydrogen) atoms. The third-order valence-electron chi connectivity index (χ3n) is 21.5. The second-order valence-corrected chi connectivity index (χ2v) is 27.8. The number of fused-ring (bicyclic) bond motifs is 8. The molecular weight excluding hydrogens is 1310 g/mol. The number of nitrogens with zero attached hydrogens (tertiary/aromatic N) is 2. The van der Waals surface area contributed by atoms with Crippen molar-refractivity contribution in [3.05, 3.63) is 413 Å². The summed E-state index contributed by atoms with van der Waals surface area (Å²) in [7, 11) is 0. The number of hydrogen-bond acceptors (Lipinski definition) is 4. The van der Waals surface area contributed by atoms with Crippen molar-refractivity contribution in [3.63, 3.8) is 0 Å². The van der Waals surface area contributed by atoms with Gasteiger partial charge in [-0.15, -0.1) is 0 Å². The van der Waals surface area contributed by atoms with Gasteiger partial charge in [-0.25, -0.2) is 0 Å². The number of hydrogen-bond donors (Lipinski definition) is 0. The third-order valence-corrected chi connectivity index (χ3v) is 21.5. The van der Waals surface area contributed by atoms with Crippen molar-refractivity contribution in [3.8, 4) is 100 Å². The maximum atomic E-state index is 6.81. The van der Waals surface area contributed by atoms with Crippen LogP contribution in [0.15, 0.2) is 421 Å². The molecule has 2 heterocycles. The first-order chi connectivity index (χ1) is 53.5. The summed E-state index contributed by atoms with van der Waals surface area (Å²) >= 11 is 0. The predicted molar refractivity (Wildman–Crippen MR) is 454 cm³/mol. The quantitative estimate of drug-likeness (QED) is 0.102. The molecule has 0 saturated carbocycles. The van der Waals surface area contributed by atoms with Gasteiger partial charge in [-0.1, -0.05) is 315 Å². The lowest BCUT2D eigenvalue weighted by molar-refractivity contribution is 0.668. The molecule has 0 saturated heterocycles. The molecule has 4 nitrogen and oxygen atoms in total. The Morgan fingerprint density at radius 3 is 1.06 bits per heavy atom. The van der Waals surface area contributed by atoms with Crippen molar-refractivity contribution in [1.82, 2.24) is 0 Å². The highest BCUT2D eigenvalue weighted by molar-refractivity contribution is 6.16. The average molecular weight is 1380 g/mol. The lowest BCUT2D eigenvalue weighted by Gasteiger charge is -2.28. The fourth-order valence-corrected chi connectivity index (χ4v) is 16.2. The third kappa shape index (κ3) is 11.5. The normalized spacial score (nSPS) is 11.5. The summed E-state index contributed by atoms with van der Waals surface area (Å²) in [5.41, 5.74) is 30.5. The van der Waals surface area contributed by atoms with Crippen LogP contribution in [0.1, 0.15) is 0 Å². The van der Waals surface area contributed by atoms with Crippen molar-refractivity contribution in [1.29, 1.82) is 0 Å². The summed E-state index contributed by atoms with van der Waals surface area (Å²) in [5, 5.41) is 9.21. The number of furan rings is 2. The molecule has 506 valence electrons. The van der Waals surface area contributed by atoms with Crippen LogP contribution in [0.25, 0.3) is 166 Å². The number of rotatable bonds is 15. The minimum absolute atomic E-state index is 0.840. The summed E-state index contributed by atoms with van der Waals surface area (Å²) < 4.78 is 13.2. The highest BCUT2D eigenvalue weighted by Crippen LogP contribution is 2.49. The summed E-state index contributed by atoms with van der Waals surface area (Å²) in [6.07, 6.45) is 0. The average Bonchev–Trinajstić information content (AvgIpc) is 1.55. The molecule has 20 aromatic rings. The molecule has 18 aromatic carbocycles. The Hall–Kier alpha value is -14.3. The van der Waals surface area contributed by atoms with E-state index in [9.17, 15) is 0 Å². The van der Waals surface area contributed by atoms with Gasteiger partial charge in [0.2, 0.25) is 0 Å². The Bertz CT molecular complexity index is 6750. The van der Waals surface area contributed by atoms with Gasteiger partial charge >= 0.3 is 0 Å². The van der Waals surface area contributed by atoms with Crippen LogP contribution >= 0.6 is 0 Å². The highest BCUT2D eigenvalue weighted by atomic mass is 16.3. The van der Waals surface area contributed by atoms with E-state index >= 15 is 0 Å². The first-order valence-corrected chi connectivity index (χ1v) is 36.9. The van der Waals surface area contributed by atoms with Crippen molar-refractivity contribution >= 4 is 99.5 Å². The van der Waals surface area contributed by atoms with Crippen molar-refractivity contribution in [2.75, 3.05) is 9.80 Å². The Labute approximate surface area is 626 Å². The van der Waals surface area contributed by atoms with Crippen LogP contribution in [0.5, 0.6) is 0 Å². The minimum atomic E-state index is 0.840. The molecule has 0 aliphatic heterocycles. The summed E-state index contributed by atoms with van der Waals surface area (Å²) in [4.78, 5) is 4.80. The fourth-order valence-electron chi connectivity index (χ4n) is 16.2. The molecule has 2 aromatic heterocycles. The first kappa shape index (κ1) is 63.4. The topological polar surface area (TPSA) is 32.8 Å². The molecule has 0 bridgehead atoms. The van der Waals surface area contributed by atoms with Crippen LogP contribution in [-0.2, 0) is 0 Å². The summed E-state index contributed by atoms with van der Waals surface area (Å²) in [6.45, 7) is 0. The zero-order chi connectivity index (χ0) is 71.4. The van der Waals surface area contributed by atoms with E-state index in [4.69, 9.17) is 8.83 Å². The van der Waals surface area contributed by atoms with Gasteiger partial charge in [-0.2, -0.15) is 0 Å². The Kier molecular flexibility index (Phi) is 15.9. The van der Waals surface area contributed by atoms with Gasteiger partial charge in [0.05, 0.1) is 11.4 Å². The van der Waals surface area contributed by atoms with E-state index in [0.717, 1.165) is 145 Å². The second-order valence-electron chi connectivity index (χ2n) is 27.8. The molecule has 0 fully saturated rings. The van der Waals surface area contributed by atoms with E-state index in [1.54, 1.807) is 0 Å². The smallest absolute Gasteiger partial charge is 0.136 e. The lowest BCUT2D eigenvalue weighted by atomic mass is 9.93. The lowest BCUT2D eigenvalue weighted by Crippen LogP contribution is -2.11. The predicted octanol–water partition coefficient (Wildman–Crippen LogP) is 29.7. The van der Waals surface area contributed by atoms with Gasteiger partial charge in [0.1, 0.15) is 22.3 Å². The minimum Gasteiger partial charge on any atom is -0.456 e. The number of benzene rings is 18. The highest BCUT2D eigenvalue weighted by Gasteiger charge is 2.24. The van der Waals surface area contributed by atoms with Gasteiger partial charge in [0, 0.05) is 55.4 Å². The molecular formula is C104H68N2O2. The molecule has 0 N–H and O–H groups in total. The molecule has 0 radical (unpaired) electrons. The molecule has 0 spiro atoms. The van der Waals surface area contributed by atoms with E-state index in [-0.39, 0.29) is 0 Å². The van der Waals surface area contributed by atoms with Crippen LogP contribution in [0.3, 0.4) is 0 Å². The second kappa shape index (κ2) is 27.1. The van der Waals surface area contributed by atoms with E-state index in [2.05, 4.69) is 416 Å². The first-order valence-electron chi connectivity index (χ1n) is 36.9. The number of para-hydroxylation sites is 3. The van der Waals surface area contributed by atoms with Crippen molar-refractivity contribution in [2.24, 2.45) is 0 Å². The maximum Gasteiger partial charge on any atom is 0.136 e. The molecule has 0 unspecified atom stereocenters. The van der Waals surface area contributed by atoms with Gasteiger partial charge in [0.15, 0.2) is 0 Å². The Morgan fingerprint density at radius 2 is 0.491 bits per heavy atom. The molecule has 0 atom stereocenters. The van der Waals surface area contributed by atoms with Crippen molar-refractivity contribution < 1.29 is 8.83 Å². The van der Waals surface area contributed by atoms with Crippen LogP contribution in [-0.4, -0.2) is 0 Å². The Balaban J connectivity index is 0.613. The van der Waals surface area contributed by atoms with Crippen LogP contribution in [0, 0.1) is 0 Å². The van der Waals surface area contributed by atoms with E-state index in [1.165, 1.54) is 54.9 Å². The molecule has 0 aliphatic rings. The standard InChI is InChI=1S/C104H68N2O2/c1-3-20-69(21-4-1)72-50-58-83(59-51-72)105(97-37-12-9-30-91(97)93-35-18-40-101-103(93)95-32-11-14-39-99(95)107-101)84-60-54-74(55-61-84)71-42-46-78(47-43-71)89-34-17-27-82-66-80(56-64-90(82)89)81-57-65-100-96(68-81)104-94(36-19-41-102(104)108-100)92-31-10-13-38-98(92)106(85-62-52-73(53-63-85)70-22-5-2-6-23-70)86-28-15-26-79(67-86)75-44-48-77(49-45-75)88-33-16-25-76-24-7-8-29-87(76)88/h1-68H. The Morgan fingerprint density at radius 1 is 0.157 bits per heavy atom. The van der Waals surface area contributed by atoms with Gasteiger partial charge in [0.25, 0.3) is 0 Å². The van der Waals surface area contributed by atoms with Crippen LogP contribution in [0.2, 0.25) is 0 Å². The fraction of sp³-hybridized carbons (Fsp3) is 0. The zero-order valence-electron chi connectivity index (χ0n) is 59.0. The molecule has 0 aliphatic carbocycles. The maximum absolute atomic E-state index is 6.81. The summed E-state index contributed by atoms with van der Waals surface area (Å²) in [6, 6.07) is 149. The van der Waals surface area contributed by atoms with Gasteiger partial charge < -0.3 is 18.6 Å². The molecule has 4 heteroatoms. The van der Waals surface area contributed by atoms with E-state index in [1.807, 2.05) is 6.07 Å². The van der Waals surface area contributed by atoms with Gasteiger partial charge in [-0.05, 0) is 208 Å². The van der Waals surface area contributed by atoms with Crippen molar-refractivity contribution in [2.45, 2.75) is 0 Å². The van der Waals surface area contributed by atoms with Crippen LogP contribution < -0.4 is 9.80 Å².